The molecule has 1 aliphatic rings. The average molecular weight is 296 g/mol. The molecule has 9 heteroatoms. The standard InChI is InChI=1S/C12H16N4O5/c1-21-3-2-16-6-7(4-9(16)17)10(18)14-8-5-13-12(20)15-11(8)19/h5,7H,2-4,6H2,1H3,(H,14,18)(H2,13,15,19,20). The number of nitrogens with zero attached hydrogens (tertiary/aromatic N) is 1. The summed E-state index contributed by atoms with van der Waals surface area (Å²) in [6.07, 6.45) is 1.22. The number of rotatable bonds is 5. The van der Waals surface area contributed by atoms with Crippen LogP contribution in [0.25, 0.3) is 0 Å². The van der Waals surface area contributed by atoms with Crippen molar-refractivity contribution in [2.45, 2.75) is 6.42 Å². The Balaban J connectivity index is 2.00. The van der Waals surface area contributed by atoms with Crippen LogP contribution in [0.1, 0.15) is 6.42 Å². The Morgan fingerprint density at radius 2 is 2.24 bits per heavy atom. The molecule has 1 aromatic heterocycles. The fraction of sp³-hybridized carbons (Fsp3) is 0.500. The lowest BCUT2D eigenvalue weighted by Crippen LogP contribution is -2.32. The molecule has 0 aliphatic carbocycles. The van der Waals surface area contributed by atoms with Crippen molar-refractivity contribution in [3.8, 4) is 0 Å². The number of anilines is 1. The SMILES string of the molecule is COCCN1CC(C(=O)Nc2c[nH]c(=O)[nH]c2=O)CC1=O. The Morgan fingerprint density at radius 1 is 1.48 bits per heavy atom. The van der Waals surface area contributed by atoms with Gasteiger partial charge in [0.25, 0.3) is 5.56 Å². The second-order valence-electron chi connectivity index (χ2n) is 4.71. The Hall–Kier alpha value is -2.42. The molecule has 3 N–H and O–H groups in total. The van der Waals surface area contributed by atoms with Crippen LogP contribution >= 0.6 is 0 Å². The molecule has 1 saturated heterocycles. The van der Waals surface area contributed by atoms with Gasteiger partial charge in [0, 0.05) is 32.8 Å². The van der Waals surface area contributed by atoms with Gasteiger partial charge < -0.3 is 19.9 Å². The average Bonchev–Trinajstić information content (AvgIpc) is 2.81. The van der Waals surface area contributed by atoms with Crippen molar-refractivity contribution in [1.82, 2.24) is 14.9 Å². The van der Waals surface area contributed by atoms with Crippen LogP contribution in [0.4, 0.5) is 5.69 Å². The number of carbonyl (C=O) groups is 2. The van der Waals surface area contributed by atoms with Crippen molar-refractivity contribution in [2.24, 2.45) is 5.92 Å². The Bertz CT molecular complexity index is 650. The van der Waals surface area contributed by atoms with Gasteiger partial charge in [-0.1, -0.05) is 0 Å². The normalized spacial score (nSPS) is 18.0. The zero-order chi connectivity index (χ0) is 15.4. The summed E-state index contributed by atoms with van der Waals surface area (Å²) in [5.41, 5.74) is -1.39. The number of nitrogens with one attached hydrogen (secondary N) is 3. The number of aromatic nitrogens is 2. The van der Waals surface area contributed by atoms with E-state index in [-0.39, 0.29) is 24.6 Å². The van der Waals surface area contributed by atoms with Crippen LogP contribution < -0.4 is 16.6 Å². The molecular weight excluding hydrogens is 280 g/mol. The van der Waals surface area contributed by atoms with E-state index in [1.165, 1.54) is 7.11 Å². The van der Waals surface area contributed by atoms with Crippen LogP contribution in [0.5, 0.6) is 0 Å². The van der Waals surface area contributed by atoms with Gasteiger partial charge >= 0.3 is 5.69 Å². The van der Waals surface area contributed by atoms with Crippen LogP contribution in [0, 0.1) is 5.92 Å². The largest absolute Gasteiger partial charge is 0.383 e. The molecular formula is C12H16N4O5. The lowest BCUT2D eigenvalue weighted by molar-refractivity contribution is -0.128. The highest BCUT2D eigenvalue weighted by atomic mass is 16.5. The third-order valence-electron chi connectivity index (χ3n) is 3.23. The first-order valence-corrected chi connectivity index (χ1v) is 6.41. The van der Waals surface area contributed by atoms with Crippen molar-refractivity contribution in [2.75, 3.05) is 32.1 Å². The van der Waals surface area contributed by atoms with Gasteiger partial charge in [-0.05, 0) is 0 Å². The third kappa shape index (κ3) is 3.57. The van der Waals surface area contributed by atoms with Crippen molar-refractivity contribution in [3.63, 3.8) is 0 Å². The van der Waals surface area contributed by atoms with E-state index in [0.29, 0.717) is 13.2 Å². The lowest BCUT2D eigenvalue weighted by atomic mass is 10.1. The molecule has 0 spiro atoms. The first kappa shape index (κ1) is 15.0. The highest BCUT2D eigenvalue weighted by molar-refractivity contribution is 5.96. The highest BCUT2D eigenvalue weighted by Gasteiger charge is 2.34. The van der Waals surface area contributed by atoms with Gasteiger partial charge in [-0.2, -0.15) is 0 Å². The monoisotopic (exact) mass is 296 g/mol. The number of aromatic amines is 2. The predicted octanol–water partition coefficient (Wildman–Crippen LogP) is -1.50. The number of ether oxygens (including phenoxy) is 1. The van der Waals surface area contributed by atoms with E-state index in [2.05, 4.69) is 10.3 Å². The van der Waals surface area contributed by atoms with Crippen LogP contribution in [-0.4, -0.2) is 53.5 Å². The maximum absolute atomic E-state index is 12.1. The van der Waals surface area contributed by atoms with Gasteiger partial charge in [-0.3, -0.25) is 19.4 Å². The molecule has 1 atom stereocenters. The first-order valence-electron chi connectivity index (χ1n) is 6.41. The summed E-state index contributed by atoms with van der Waals surface area (Å²) < 4.78 is 4.90. The molecule has 9 nitrogen and oxygen atoms in total. The summed E-state index contributed by atoms with van der Waals surface area (Å²) in [7, 11) is 1.53. The number of likely N-dealkylation sites (tertiary alicyclic amines) is 1. The molecule has 0 radical (unpaired) electrons. The molecule has 1 unspecified atom stereocenters. The number of carbonyl (C=O) groups excluding carboxylic acids is 2. The van der Waals surface area contributed by atoms with Gasteiger partial charge in [0.05, 0.1) is 12.5 Å². The molecule has 2 amide bonds. The fourth-order valence-corrected chi connectivity index (χ4v) is 2.10. The van der Waals surface area contributed by atoms with Gasteiger partial charge in [-0.15, -0.1) is 0 Å². The molecule has 2 rings (SSSR count). The second-order valence-corrected chi connectivity index (χ2v) is 4.71. The third-order valence-corrected chi connectivity index (χ3v) is 3.23. The minimum atomic E-state index is -0.687. The zero-order valence-corrected chi connectivity index (χ0v) is 11.5. The van der Waals surface area contributed by atoms with E-state index in [1.54, 1.807) is 4.90 Å². The summed E-state index contributed by atoms with van der Waals surface area (Å²) >= 11 is 0. The second kappa shape index (κ2) is 6.35. The van der Waals surface area contributed by atoms with Crippen LogP contribution in [0.15, 0.2) is 15.8 Å². The molecule has 0 aromatic carbocycles. The van der Waals surface area contributed by atoms with Crippen molar-refractivity contribution < 1.29 is 14.3 Å². The summed E-state index contributed by atoms with van der Waals surface area (Å²) in [5.74, 6) is -1.08. The Morgan fingerprint density at radius 3 is 2.90 bits per heavy atom. The maximum Gasteiger partial charge on any atom is 0.325 e. The van der Waals surface area contributed by atoms with Crippen molar-refractivity contribution >= 4 is 17.5 Å². The lowest BCUT2D eigenvalue weighted by Gasteiger charge is -2.15. The molecule has 114 valence electrons. The topological polar surface area (TPSA) is 124 Å². The number of amides is 2. The number of H-pyrrole nitrogens is 2. The quantitative estimate of drug-likeness (QED) is 0.609. The predicted molar refractivity (Wildman–Crippen MR) is 72.9 cm³/mol. The first-order chi connectivity index (χ1) is 10.0. The van der Waals surface area contributed by atoms with Gasteiger partial charge in [0.15, 0.2) is 0 Å². The zero-order valence-electron chi connectivity index (χ0n) is 11.5. The fourth-order valence-electron chi connectivity index (χ4n) is 2.10. The Kier molecular flexibility index (Phi) is 4.53. The number of hydrogen-bond donors (Lipinski definition) is 3. The van der Waals surface area contributed by atoms with Crippen LogP contribution in [0.3, 0.4) is 0 Å². The highest BCUT2D eigenvalue weighted by Crippen LogP contribution is 2.18. The van der Waals surface area contributed by atoms with Crippen LogP contribution in [-0.2, 0) is 14.3 Å². The van der Waals surface area contributed by atoms with Gasteiger partial charge in [0.1, 0.15) is 5.69 Å². The molecule has 1 aliphatic heterocycles. The van der Waals surface area contributed by atoms with E-state index < -0.39 is 23.1 Å². The minimum absolute atomic E-state index is 0.0533. The molecule has 1 aromatic rings. The van der Waals surface area contributed by atoms with Gasteiger partial charge in [0.2, 0.25) is 11.8 Å². The maximum atomic E-state index is 12.1. The minimum Gasteiger partial charge on any atom is -0.383 e. The van der Waals surface area contributed by atoms with Crippen LogP contribution in [0.2, 0.25) is 0 Å². The molecule has 0 saturated carbocycles. The van der Waals surface area contributed by atoms with Crippen molar-refractivity contribution in [1.29, 1.82) is 0 Å². The summed E-state index contributed by atoms with van der Waals surface area (Å²) in [5, 5.41) is 2.41. The summed E-state index contributed by atoms with van der Waals surface area (Å²) in [6.45, 7) is 1.12. The number of methoxy groups -OCH3 is 1. The van der Waals surface area contributed by atoms with Crippen molar-refractivity contribution in [3.05, 3.63) is 27.0 Å². The van der Waals surface area contributed by atoms with E-state index in [0.717, 1.165) is 6.20 Å². The Labute approximate surface area is 119 Å². The molecule has 21 heavy (non-hydrogen) atoms. The summed E-state index contributed by atoms with van der Waals surface area (Å²) in [4.78, 5) is 52.0. The molecule has 0 bridgehead atoms. The van der Waals surface area contributed by atoms with Gasteiger partial charge in [-0.25, -0.2) is 4.79 Å². The molecule has 1 fully saturated rings. The van der Waals surface area contributed by atoms with E-state index in [9.17, 15) is 19.2 Å². The van der Waals surface area contributed by atoms with E-state index in [4.69, 9.17) is 4.74 Å². The van der Waals surface area contributed by atoms with E-state index >= 15 is 0 Å². The summed E-state index contributed by atoms with van der Waals surface area (Å²) in [6, 6.07) is 0. The van der Waals surface area contributed by atoms with E-state index in [1.807, 2.05) is 4.98 Å². The number of hydrogen-bond acceptors (Lipinski definition) is 5. The molecule has 2 heterocycles. The smallest absolute Gasteiger partial charge is 0.325 e.